The third kappa shape index (κ3) is 3.94. The monoisotopic (exact) mass is 203 g/mol. The molecule has 1 heterocycles. The Balaban J connectivity index is 0.000000461. The van der Waals surface area contributed by atoms with E-state index in [-0.39, 0.29) is 25.4 Å². The van der Waals surface area contributed by atoms with Crippen LogP contribution in [0.1, 0.15) is 12.8 Å². The van der Waals surface area contributed by atoms with Gasteiger partial charge in [0.05, 0.1) is 25.4 Å². The van der Waals surface area contributed by atoms with Crippen molar-refractivity contribution in [2.24, 2.45) is 0 Å². The topological polar surface area (TPSA) is 66.8 Å². The van der Waals surface area contributed by atoms with Crippen molar-refractivity contribution in [3.8, 4) is 0 Å². The van der Waals surface area contributed by atoms with Crippen LogP contribution < -0.4 is 0 Å². The Morgan fingerprint density at radius 3 is 1.73 bits per heavy atom. The van der Waals surface area contributed by atoms with Gasteiger partial charge in [0.15, 0.2) is 0 Å². The predicted molar refractivity (Wildman–Crippen MR) is 32.8 cm³/mol. The number of aliphatic hydroxyl groups excluding tert-OH is 2. The van der Waals surface area contributed by atoms with Crippen LogP contribution in [0.2, 0.25) is 0 Å². The van der Waals surface area contributed by atoms with Gasteiger partial charge in [0.2, 0.25) is 0 Å². The average Bonchev–Trinajstić information content (AvgIpc) is 2.55. The SMILES string of the molecule is OC[C@@H]1CC[C@H](CO)O1.[O]=[Mn]. The summed E-state index contributed by atoms with van der Waals surface area (Å²) in [6.07, 6.45) is 1.70. The average molecular weight is 203 g/mol. The second kappa shape index (κ2) is 6.88. The molecule has 0 amide bonds. The molecular formula is C6H12MnO4. The zero-order valence-electron chi connectivity index (χ0n) is 6.07. The van der Waals surface area contributed by atoms with E-state index in [1.54, 1.807) is 15.9 Å². The molecule has 4 nitrogen and oxygen atoms in total. The van der Waals surface area contributed by atoms with E-state index in [1.807, 2.05) is 0 Å². The maximum absolute atomic E-state index is 8.57. The molecule has 1 rings (SSSR count). The summed E-state index contributed by atoms with van der Waals surface area (Å²) in [5.41, 5.74) is 0. The van der Waals surface area contributed by atoms with Gasteiger partial charge in [0, 0.05) is 0 Å². The van der Waals surface area contributed by atoms with Gasteiger partial charge in [-0.2, -0.15) is 0 Å². The molecule has 1 aliphatic rings. The molecule has 0 aromatic rings. The van der Waals surface area contributed by atoms with Gasteiger partial charge >= 0.3 is 19.8 Å². The van der Waals surface area contributed by atoms with Gasteiger partial charge in [-0.25, -0.2) is 0 Å². The number of aliphatic hydroxyl groups is 2. The van der Waals surface area contributed by atoms with Crippen molar-refractivity contribution in [3.05, 3.63) is 0 Å². The van der Waals surface area contributed by atoms with E-state index in [4.69, 9.17) is 18.8 Å². The third-order valence-corrected chi connectivity index (χ3v) is 1.60. The van der Waals surface area contributed by atoms with Crippen molar-refractivity contribution in [2.45, 2.75) is 25.0 Å². The van der Waals surface area contributed by atoms with Crippen molar-refractivity contribution in [1.82, 2.24) is 0 Å². The van der Waals surface area contributed by atoms with E-state index in [9.17, 15) is 0 Å². The molecule has 0 aliphatic carbocycles. The summed E-state index contributed by atoms with van der Waals surface area (Å²) in [6, 6.07) is 0. The summed E-state index contributed by atoms with van der Waals surface area (Å²) in [5, 5.41) is 17.1. The van der Waals surface area contributed by atoms with Crippen LogP contribution in [-0.4, -0.2) is 35.6 Å². The summed E-state index contributed by atoms with van der Waals surface area (Å²) in [5.74, 6) is 0. The first-order valence-corrected chi connectivity index (χ1v) is 3.87. The molecule has 0 spiro atoms. The molecule has 5 heteroatoms. The number of hydrogen-bond donors (Lipinski definition) is 2. The molecule has 0 aromatic heterocycles. The summed E-state index contributed by atoms with van der Waals surface area (Å²) in [7, 11) is 0. The first-order valence-electron chi connectivity index (χ1n) is 3.39. The molecule has 1 saturated heterocycles. The van der Waals surface area contributed by atoms with Crippen LogP contribution in [0.25, 0.3) is 0 Å². The van der Waals surface area contributed by atoms with Crippen LogP contribution >= 0.6 is 0 Å². The van der Waals surface area contributed by atoms with Gasteiger partial charge < -0.3 is 14.9 Å². The fraction of sp³-hybridized carbons (Fsp3) is 1.00. The first kappa shape index (κ1) is 11.2. The van der Waals surface area contributed by atoms with Crippen LogP contribution in [0.4, 0.5) is 0 Å². The molecule has 67 valence electrons. The van der Waals surface area contributed by atoms with Gasteiger partial charge in [-0.1, -0.05) is 0 Å². The Labute approximate surface area is 73.6 Å². The quantitative estimate of drug-likeness (QED) is 0.588. The van der Waals surface area contributed by atoms with Crippen molar-refractivity contribution < 1.29 is 34.7 Å². The van der Waals surface area contributed by atoms with Crippen LogP contribution in [0.15, 0.2) is 0 Å². The molecule has 0 unspecified atom stereocenters. The van der Waals surface area contributed by atoms with Gasteiger partial charge in [-0.05, 0) is 12.8 Å². The molecule has 2 N–H and O–H groups in total. The summed E-state index contributed by atoms with van der Waals surface area (Å²) in [6.45, 7) is 0.160. The Morgan fingerprint density at radius 2 is 1.55 bits per heavy atom. The summed E-state index contributed by atoms with van der Waals surface area (Å²) >= 11 is 1.69. The van der Waals surface area contributed by atoms with Gasteiger partial charge in [0.1, 0.15) is 0 Å². The Kier molecular flexibility index (Phi) is 7.01. The summed E-state index contributed by atoms with van der Waals surface area (Å²) in [4.78, 5) is 0. The fourth-order valence-electron chi connectivity index (χ4n) is 1.05. The number of hydrogen-bond acceptors (Lipinski definition) is 4. The van der Waals surface area contributed by atoms with E-state index in [1.165, 1.54) is 0 Å². The minimum atomic E-state index is -0.0258. The molecule has 1 aliphatic heterocycles. The predicted octanol–water partition coefficient (Wildman–Crippen LogP) is -0.603. The molecular weight excluding hydrogens is 191 g/mol. The Hall–Kier alpha value is 0.199. The van der Waals surface area contributed by atoms with E-state index in [2.05, 4.69) is 0 Å². The molecule has 1 fully saturated rings. The molecule has 0 aromatic carbocycles. The summed E-state index contributed by atoms with van der Waals surface area (Å²) < 4.78 is 13.2. The van der Waals surface area contributed by atoms with Crippen LogP contribution in [0, 0.1) is 0 Å². The molecule has 0 radical (unpaired) electrons. The van der Waals surface area contributed by atoms with E-state index >= 15 is 0 Å². The van der Waals surface area contributed by atoms with E-state index in [0.717, 1.165) is 12.8 Å². The normalized spacial score (nSPS) is 29.3. The Bertz CT molecular complexity index is 90.6. The second-order valence-corrected chi connectivity index (χ2v) is 2.32. The zero-order valence-corrected chi connectivity index (χ0v) is 7.25. The van der Waals surface area contributed by atoms with Gasteiger partial charge in [0.25, 0.3) is 0 Å². The van der Waals surface area contributed by atoms with Crippen LogP contribution in [0.5, 0.6) is 0 Å². The van der Waals surface area contributed by atoms with Crippen LogP contribution in [0.3, 0.4) is 0 Å². The van der Waals surface area contributed by atoms with Gasteiger partial charge in [-0.3, -0.25) is 0 Å². The fourth-order valence-corrected chi connectivity index (χ4v) is 1.05. The van der Waals surface area contributed by atoms with Crippen molar-refractivity contribution in [1.29, 1.82) is 0 Å². The van der Waals surface area contributed by atoms with E-state index < -0.39 is 0 Å². The second-order valence-electron chi connectivity index (χ2n) is 2.32. The molecule has 0 bridgehead atoms. The van der Waals surface area contributed by atoms with Gasteiger partial charge in [-0.15, -0.1) is 0 Å². The van der Waals surface area contributed by atoms with Crippen molar-refractivity contribution in [2.75, 3.05) is 13.2 Å². The minimum absolute atomic E-state index is 0.0258. The van der Waals surface area contributed by atoms with Crippen molar-refractivity contribution >= 4 is 0 Å². The maximum atomic E-state index is 8.57. The molecule has 11 heavy (non-hydrogen) atoms. The van der Waals surface area contributed by atoms with E-state index in [0.29, 0.717) is 0 Å². The van der Waals surface area contributed by atoms with Crippen LogP contribution in [-0.2, 0) is 24.5 Å². The Morgan fingerprint density at radius 1 is 1.18 bits per heavy atom. The molecule has 0 saturated carbocycles. The first-order chi connectivity index (χ1) is 5.36. The third-order valence-electron chi connectivity index (χ3n) is 1.60. The van der Waals surface area contributed by atoms with Crippen molar-refractivity contribution in [3.63, 3.8) is 0 Å². The number of rotatable bonds is 2. The zero-order chi connectivity index (χ0) is 8.69. The number of ether oxygens (including phenoxy) is 1. The standard InChI is InChI=1S/C6H12O3.Mn.O/c7-3-5-1-2-6(4-8)9-5;;/h5-8H,1-4H2;;/t5-,6+;;. The molecule has 2 atom stereocenters.